The maximum atomic E-state index is 6.04. The molecule has 1 atom stereocenters. The van der Waals surface area contributed by atoms with Crippen LogP contribution < -0.4 is 15.1 Å². The average Bonchev–Trinajstić information content (AvgIpc) is 2.92. The number of nitrogens with one attached hydrogen (secondary N) is 1. The first-order valence-corrected chi connectivity index (χ1v) is 14.6. The summed E-state index contributed by atoms with van der Waals surface area (Å²) in [6, 6.07) is 2.45. The molecule has 0 aromatic carbocycles. The Hall–Kier alpha value is -1.93. The summed E-state index contributed by atoms with van der Waals surface area (Å²) in [5, 5.41) is 4.86. The molecule has 2 fully saturated rings. The molecule has 2 aliphatic rings. The zero-order chi connectivity index (χ0) is 26.0. The van der Waals surface area contributed by atoms with Gasteiger partial charge in [0.1, 0.15) is 12.4 Å². The maximum Gasteiger partial charge on any atom is 0.320 e. The monoisotopic (exact) mass is 504 g/mol. The molecule has 206 valence electrons. The second-order valence-corrected chi connectivity index (χ2v) is 9.48. The first-order valence-electron chi connectivity index (χ1n) is 14.6. The summed E-state index contributed by atoms with van der Waals surface area (Å²) in [5.74, 6) is 2.23. The number of hydrazone groups is 1. The van der Waals surface area contributed by atoms with Gasteiger partial charge < -0.3 is 14.4 Å². The molecular formula is C28H52N6O2. The van der Waals surface area contributed by atoms with Crippen molar-refractivity contribution in [3.8, 4) is 6.01 Å². The van der Waals surface area contributed by atoms with E-state index < -0.39 is 0 Å². The number of hydrogen-bond acceptors (Lipinski definition) is 8. The summed E-state index contributed by atoms with van der Waals surface area (Å²) in [5.41, 5.74) is 4.58. The topological polar surface area (TPSA) is 75.1 Å². The normalized spacial score (nSPS) is 19.5. The van der Waals surface area contributed by atoms with Crippen molar-refractivity contribution in [2.24, 2.45) is 11.0 Å². The lowest BCUT2D eigenvalue weighted by atomic mass is 9.84. The van der Waals surface area contributed by atoms with Crippen molar-refractivity contribution in [3.63, 3.8) is 0 Å². The Morgan fingerprint density at radius 3 is 2.53 bits per heavy atom. The van der Waals surface area contributed by atoms with Crippen LogP contribution in [0.5, 0.6) is 6.01 Å². The molecular weight excluding hydrogens is 452 g/mol. The average molecular weight is 505 g/mol. The number of aromatic nitrogens is 2. The van der Waals surface area contributed by atoms with Crippen LogP contribution in [0.3, 0.4) is 0 Å². The molecule has 1 aromatic rings. The van der Waals surface area contributed by atoms with Crippen molar-refractivity contribution < 1.29 is 9.47 Å². The van der Waals surface area contributed by atoms with Gasteiger partial charge in [0.05, 0.1) is 13.2 Å². The lowest BCUT2D eigenvalue weighted by Gasteiger charge is -2.26. The van der Waals surface area contributed by atoms with Gasteiger partial charge in [-0.1, -0.05) is 53.9 Å². The van der Waals surface area contributed by atoms with Gasteiger partial charge in [-0.05, 0) is 44.4 Å². The number of rotatable bonds is 14. The molecule has 36 heavy (non-hydrogen) atoms. The number of nitrogens with zero attached hydrogens (tertiary/aromatic N) is 5. The third-order valence-corrected chi connectivity index (χ3v) is 6.67. The van der Waals surface area contributed by atoms with Crippen LogP contribution in [0.15, 0.2) is 11.2 Å². The molecule has 0 spiro atoms. The standard InChI is InChI=1S/C26H46N6O2.C2H6/c1-4-7-10-22-11-8-9-12-23(22)29-30-24-21-25(32(13-5-2)14-6-3)28-26(27-24)34-20-17-31-15-18-33-19-16-31;1-2/h21-22H,4-20H2,1-3H3,(H,27,28,30);1-2H3/b29-23+;/t22-;/m0./s1. The van der Waals surface area contributed by atoms with Crippen molar-refractivity contribution in [1.82, 2.24) is 14.9 Å². The highest BCUT2D eigenvalue weighted by Crippen LogP contribution is 2.27. The van der Waals surface area contributed by atoms with Crippen molar-refractivity contribution in [2.75, 3.05) is 62.9 Å². The van der Waals surface area contributed by atoms with Crippen LogP contribution in [0.2, 0.25) is 0 Å². The SMILES string of the molecule is CC.CCCC[C@H]1CCCC/C1=N\Nc1cc(N(CCC)CCC)nc(OCCN2CCOCC2)n1. The van der Waals surface area contributed by atoms with E-state index in [1.54, 1.807) is 0 Å². The van der Waals surface area contributed by atoms with E-state index in [1.165, 1.54) is 44.2 Å². The molecule has 1 aliphatic carbocycles. The lowest BCUT2D eigenvalue weighted by molar-refractivity contribution is 0.0317. The highest BCUT2D eigenvalue weighted by molar-refractivity contribution is 5.88. The zero-order valence-electron chi connectivity index (χ0n) is 23.7. The molecule has 1 aromatic heterocycles. The number of hydrogen-bond donors (Lipinski definition) is 1. The molecule has 0 bridgehead atoms. The third-order valence-electron chi connectivity index (χ3n) is 6.67. The van der Waals surface area contributed by atoms with E-state index >= 15 is 0 Å². The Morgan fingerprint density at radius 1 is 1.08 bits per heavy atom. The lowest BCUT2D eigenvalue weighted by Crippen LogP contribution is -2.38. The van der Waals surface area contributed by atoms with Gasteiger partial charge in [-0.15, -0.1) is 0 Å². The van der Waals surface area contributed by atoms with E-state index in [9.17, 15) is 0 Å². The van der Waals surface area contributed by atoms with Gasteiger partial charge in [0, 0.05) is 44.5 Å². The number of morpholine rings is 1. The quantitative estimate of drug-likeness (QED) is 0.312. The molecule has 0 amide bonds. The number of ether oxygens (including phenoxy) is 2. The van der Waals surface area contributed by atoms with Crippen LogP contribution in [0.1, 0.15) is 92.4 Å². The molecule has 2 heterocycles. The summed E-state index contributed by atoms with van der Waals surface area (Å²) in [4.78, 5) is 14.1. The molecule has 1 saturated heterocycles. The van der Waals surface area contributed by atoms with Gasteiger partial charge in [-0.2, -0.15) is 15.1 Å². The van der Waals surface area contributed by atoms with Crippen molar-refractivity contribution >= 4 is 17.3 Å². The Balaban J connectivity index is 0.00000222. The Morgan fingerprint density at radius 2 is 1.83 bits per heavy atom. The molecule has 3 rings (SSSR count). The van der Waals surface area contributed by atoms with Crippen LogP contribution in [-0.2, 0) is 4.74 Å². The summed E-state index contributed by atoms with van der Waals surface area (Å²) < 4.78 is 11.5. The predicted molar refractivity (Wildman–Crippen MR) is 151 cm³/mol. The molecule has 0 radical (unpaired) electrons. The van der Waals surface area contributed by atoms with E-state index in [4.69, 9.17) is 19.6 Å². The summed E-state index contributed by atoms with van der Waals surface area (Å²) >= 11 is 0. The first-order chi connectivity index (χ1) is 17.7. The predicted octanol–water partition coefficient (Wildman–Crippen LogP) is 5.99. The molecule has 8 heteroatoms. The highest BCUT2D eigenvalue weighted by atomic mass is 16.5. The van der Waals surface area contributed by atoms with Gasteiger partial charge in [0.15, 0.2) is 5.82 Å². The van der Waals surface area contributed by atoms with Crippen LogP contribution in [0.4, 0.5) is 11.6 Å². The maximum absolute atomic E-state index is 6.04. The van der Waals surface area contributed by atoms with Gasteiger partial charge in [0.25, 0.3) is 0 Å². The molecule has 1 saturated carbocycles. The van der Waals surface area contributed by atoms with Gasteiger partial charge in [-0.3, -0.25) is 10.3 Å². The molecule has 1 aliphatic heterocycles. The molecule has 0 unspecified atom stereocenters. The van der Waals surface area contributed by atoms with Gasteiger partial charge >= 0.3 is 6.01 Å². The minimum absolute atomic E-state index is 0.428. The van der Waals surface area contributed by atoms with Gasteiger partial charge in [-0.25, -0.2) is 0 Å². The summed E-state index contributed by atoms with van der Waals surface area (Å²) in [6.07, 6.45) is 10.8. The van der Waals surface area contributed by atoms with Crippen molar-refractivity contribution in [3.05, 3.63) is 6.07 Å². The van der Waals surface area contributed by atoms with Crippen LogP contribution >= 0.6 is 0 Å². The van der Waals surface area contributed by atoms with E-state index in [1.807, 2.05) is 19.9 Å². The first kappa shape index (κ1) is 30.3. The second-order valence-electron chi connectivity index (χ2n) is 9.48. The van der Waals surface area contributed by atoms with E-state index in [-0.39, 0.29) is 0 Å². The van der Waals surface area contributed by atoms with Crippen molar-refractivity contribution in [1.29, 1.82) is 0 Å². The zero-order valence-corrected chi connectivity index (χ0v) is 23.7. The largest absolute Gasteiger partial charge is 0.462 e. The fraction of sp³-hybridized carbons (Fsp3) is 0.821. The van der Waals surface area contributed by atoms with E-state index in [0.717, 1.165) is 76.8 Å². The second kappa shape index (κ2) is 18.3. The highest BCUT2D eigenvalue weighted by Gasteiger charge is 2.20. The number of unbranched alkanes of at least 4 members (excludes halogenated alkanes) is 1. The fourth-order valence-electron chi connectivity index (χ4n) is 4.77. The Labute approximate surface area is 220 Å². The smallest absolute Gasteiger partial charge is 0.320 e. The minimum Gasteiger partial charge on any atom is -0.462 e. The Kier molecular flexibility index (Phi) is 15.4. The fourth-order valence-corrected chi connectivity index (χ4v) is 4.77. The van der Waals surface area contributed by atoms with Crippen molar-refractivity contribution in [2.45, 2.75) is 92.4 Å². The number of anilines is 2. The summed E-state index contributed by atoms with van der Waals surface area (Å²) in [6.45, 7) is 17.5. The summed E-state index contributed by atoms with van der Waals surface area (Å²) in [7, 11) is 0. The van der Waals surface area contributed by atoms with E-state index in [2.05, 4.69) is 41.0 Å². The van der Waals surface area contributed by atoms with Gasteiger partial charge in [0.2, 0.25) is 0 Å². The minimum atomic E-state index is 0.428. The van der Waals surface area contributed by atoms with Crippen LogP contribution in [0.25, 0.3) is 0 Å². The van der Waals surface area contributed by atoms with E-state index in [0.29, 0.717) is 18.5 Å². The van der Waals surface area contributed by atoms with Crippen LogP contribution in [-0.4, -0.2) is 73.1 Å². The molecule has 8 nitrogen and oxygen atoms in total. The third kappa shape index (κ3) is 10.6. The Bertz CT molecular complexity index is 733. The van der Waals surface area contributed by atoms with Crippen LogP contribution in [0, 0.1) is 5.92 Å². The molecule has 1 N–H and O–H groups in total.